The van der Waals surface area contributed by atoms with Crippen molar-refractivity contribution in [1.29, 1.82) is 0 Å². The van der Waals surface area contributed by atoms with E-state index in [0.717, 1.165) is 48.4 Å². The molecule has 1 saturated carbocycles. The van der Waals surface area contributed by atoms with E-state index in [4.69, 9.17) is 9.47 Å². The molecule has 1 aromatic rings. The van der Waals surface area contributed by atoms with Crippen molar-refractivity contribution in [3.8, 4) is 0 Å². The first-order valence-corrected chi connectivity index (χ1v) is 10.1. The van der Waals surface area contributed by atoms with E-state index < -0.39 is 0 Å². The van der Waals surface area contributed by atoms with Gasteiger partial charge in [-0.25, -0.2) is 4.79 Å². The number of rotatable bonds is 6. The molecular formula is C20H26BrNO3. The zero-order valence-electron chi connectivity index (χ0n) is 15.0. The van der Waals surface area contributed by atoms with Crippen LogP contribution < -0.4 is 0 Å². The maximum Gasteiger partial charge on any atom is 0.410 e. The number of cyclic esters (lactones) is 1. The van der Waals surface area contributed by atoms with Gasteiger partial charge in [0.2, 0.25) is 0 Å². The van der Waals surface area contributed by atoms with Crippen LogP contribution in [0.3, 0.4) is 0 Å². The fourth-order valence-corrected chi connectivity index (χ4v) is 4.34. The molecule has 0 bridgehead atoms. The van der Waals surface area contributed by atoms with Gasteiger partial charge in [-0.05, 0) is 43.9 Å². The lowest BCUT2D eigenvalue weighted by Crippen LogP contribution is -2.52. The Bertz CT molecular complexity index is 653. The molecule has 4 nitrogen and oxygen atoms in total. The Labute approximate surface area is 158 Å². The van der Waals surface area contributed by atoms with Gasteiger partial charge in [-0.1, -0.05) is 40.9 Å². The van der Waals surface area contributed by atoms with Crippen molar-refractivity contribution in [2.45, 2.75) is 63.2 Å². The van der Waals surface area contributed by atoms with E-state index in [2.05, 4.69) is 41.9 Å². The Hall–Kier alpha value is -1.07. The highest BCUT2D eigenvalue weighted by molar-refractivity contribution is 9.10. The maximum absolute atomic E-state index is 12.9. The molecule has 2 saturated heterocycles. The molecule has 3 fully saturated rings. The number of carbonyl (C=O) groups is 1. The van der Waals surface area contributed by atoms with Crippen LogP contribution in [0.1, 0.15) is 57.6 Å². The zero-order valence-corrected chi connectivity index (χ0v) is 16.5. The van der Waals surface area contributed by atoms with Crippen LogP contribution in [0.15, 0.2) is 28.7 Å². The molecule has 0 N–H and O–H groups in total. The van der Waals surface area contributed by atoms with Gasteiger partial charge < -0.3 is 14.4 Å². The second-order valence-electron chi connectivity index (χ2n) is 8.28. The number of hydrogen-bond donors (Lipinski definition) is 0. The first-order chi connectivity index (χ1) is 11.9. The lowest BCUT2D eigenvalue weighted by atomic mass is 9.82. The number of halogens is 1. The van der Waals surface area contributed by atoms with Gasteiger partial charge in [-0.3, -0.25) is 0 Å². The molecule has 25 heavy (non-hydrogen) atoms. The van der Waals surface area contributed by atoms with Crippen molar-refractivity contribution in [3.05, 3.63) is 34.3 Å². The Morgan fingerprint density at radius 3 is 2.56 bits per heavy atom. The SMILES string of the molecule is CC(c1ccc(Br)cc1)N1CCC(CC2CC2)(C[C@@]2(C)CO2)OC1=O. The molecule has 2 unspecified atom stereocenters. The lowest BCUT2D eigenvalue weighted by molar-refractivity contribution is -0.0775. The molecule has 1 aliphatic carbocycles. The second kappa shape index (κ2) is 6.27. The summed E-state index contributed by atoms with van der Waals surface area (Å²) < 4.78 is 12.8. The number of carbonyl (C=O) groups excluding carboxylic acids is 1. The van der Waals surface area contributed by atoms with Gasteiger partial charge in [0.15, 0.2) is 0 Å². The van der Waals surface area contributed by atoms with Gasteiger partial charge in [-0.2, -0.15) is 0 Å². The fourth-order valence-electron chi connectivity index (χ4n) is 4.08. The van der Waals surface area contributed by atoms with Crippen molar-refractivity contribution in [2.75, 3.05) is 13.2 Å². The van der Waals surface area contributed by atoms with Crippen LogP contribution in [0.25, 0.3) is 0 Å². The monoisotopic (exact) mass is 407 g/mol. The average Bonchev–Trinajstić information content (AvgIpc) is 3.48. The molecule has 4 rings (SSSR count). The Morgan fingerprint density at radius 2 is 2.00 bits per heavy atom. The van der Waals surface area contributed by atoms with Crippen LogP contribution in [0, 0.1) is 5.92 Å². The van der Waals surface area contributed by atoms with Gasteiger partial charge in [0.1, 0.15) is 5.60 Å². The molecular weight excluding hydrogens is 382 g/mol. The summed E-state index contributed by atoms with van der Waals surface area (Å²) in [5, 5.41) is 0. The molecule has 2 heterocycles. The Morgan fingerprint density at radius 1 is 1.32 bits per heavy atom. The Kier molecular flexibility index (Phi) is 4.35. The first kappa shape index (κ1) is 17.3. The molecule has 0 radical (unpaired) electrons. The summed E-state index contributed by atoms with van der Waals surface area (Å²) >= 11 is 3.46. The van der Waals surface area contributed by atoms with Gasteiger partial charge in [0.05, 0.1) is 18.2 Å². The van der Waals surface area contributed by atoms with Gasteiger partial charge >= 0.3 is 6.09 Å². The van der Waals surface area contributed by atoms with Crippen molar-refractivity contribution in [1.82, 2.24) is 4.90 Å². The number of amides is 1. The van der Waals surface area contributed by atoms with Crippen molar-refractivity contribution >= 4 is 22.0 Å². The van der Waals surface area contributed by atoms with Crippen molar-refractivity contribution in [3.63, 3.8) is 0 Å². The third-order valence-corrected chi connectivity index (χ3v) is 6.39. The van der Waals surface area contributed by atoms with E-state index in [9.17, 15) is 4.79 Å². The smallest absolute Gasteiger partial charge is 0.410 e. The molecule has 1 aromatic carbocycles. The minimum Gasteiger partial charge on any atom is -0.443 e. The summed E-state index contributed by atoms with van der Waals surface area (Å²) in [6, 6.07) is 8.18. The highest BCUT2D eigenvalue weighted by atomic mass is 79.9. The number of benzene rings is 1. The van der Waals surface area contributed by atoms with Gasteiger partial charge in [0, 0.05) is 23.9 Å². The van der Waals surface area contributed by atoms with Crippen LogP contribution in [-0.4, -0.2) is 35.3 Å². The molecule has 1 amide bonds. The third-order valence-electron chi connectivity index (χ3n) is 5.86. The van der Waals surface area contributed by atoms with E-state index in [1.54, 1.807) is 0 Å². The predicted octanol–water partition coefficient (Wildman–Crippen LogP) is 5.07. The molecule has 5 heteroatoms. The fraction of sp³-hybridized carbons (Fsp3) is 0.650. The highest BCUT2D eigenvalue weighted by Gasteiger charge is 2.53. The largest absolute Gasteiger partial charge is 0.443 e. The summed E-state index contributed by atoms with van der Waals surface area (Å²) in [6.45, 7) is 5.74. The van der Waals surface area contributed by atoms with E-state index in [1.165, 1.54) is 12.8 Å². The van der Waals surface area contributed by atoms with Gasteiger partial charge in [0.25, 0.3) is 0 Å². The third kappa shape index (κ3) is 3.87. The van der Waals surface area contributed by atoms with E-state index in [1.807, 2.05) is 17.0 Å². The zero-order chi connectivity index (χ0) is 17.7. The predicted molar refractivity (Wildman–Crippen MR) is 99.4 cm³/mol. The van der Waals surface area contributed by atoms with Crippen LogP contribution in [0.2, 0.25) is 0 Å². The van der Waals surface area contributed by atoms with Crippen molar-refractivity contribution < 1.29 is 14.3 Å². The van der Waals surface area contributed by atoms with E-state index in [0.29, 0.717) is 0 Å². The molecule has 0 spiro atoms. The number of hydrogen-bond acceptors (Lipinski definition) is 3. The van der Waals surface area contributed by atoms with Gasteiger partial charge in [-0.15, -0.1) is 0 Å². The normalized spacial score (nSPS) is 33.1. The molecule has 3 aliphatic rings. The lowest BCUT2D eigenvalue weighted by Gasteiger charge is -2.44. The van der Waals surface area contributed by atoms with Crippen LogP contribution in [0.5, 0.6) is 0 Å². The molecule has 2 aliphatic heterocycles. The van der Waals surface area contributed by atoms with E-state index in [-0.39, 0.29) is 23.3 Å². The standard InChI is InChI=1S/C20H26BrNO3/c1-14(16-5-7-17(21)8-6-16)22-10-9-20(25-18(22)23,11-15-3-4-15)12-19(2)13-24-19/h5-8,14-15H,3-4,9-13H2,1-2H3/t14?,19-,20?/m0/s1. The minimum atomic E-state index is -0.334. The maximum atomic E-state index is 12.9. The number of epoxide rings is 1. The van der Waals surface area contributed by atoms with E-state index >= 15 is 0 Å². The number of ether oxygens (including phenoxy) is 2. The number of nitrogens with zero attached hydrogens (tertiary/aromatic N) is 1. The second-order valence-corrected chi connectivity index (χ2v) is 9.20. The van der Waals surface area contributed by atoms with Crippen LogP contribution in [-0.2, 0) is 9.47 Å². The molecule has 3 atom stereocenters. The molecule has 136 valence electrons. The summed E-state index contributed by atoms with van der Waals surface area (Å²) in [4.78, 5) is 14.7. The van der Waals surface area contributed by atoms with Crippen LogP contribution >= 0.6 is 15.9 Å². The molecule has 0 aromatic heterocycles. The first-order valence-electron chi connectivity index (χ1n) is 9.27. The minimum absolute atomic E-state index is 0.0206. The topological polar surface area (TPSA) is 42.1 Å². The summed E-state index contributed by atoms with van der Waals surface area (Å²) in [5.74, 6) is 0.727. The van der Waals surface area contributed by atoms with Crippen molar-refractivity contribution in [2.24, 2.45) is 5.92 Å². The Balaban J connectivity index is 1.47. The highest BCUT2D eigenvalue weighted by Crippen LogP contribution is 2.48. The van der Waals surface area contributed by atoms with Crippen LogP contribution in [0.4, 0.5) is 4.79 Å². The summed E-state index contributed by atoms with van der Waals surface area (Å²) in [7, 11) is 0. The quantitative estimate of drug-likeness (QED) is 0.618. The summed E-state index contributed by atoms with van der Waals surface area (Å²) in [5.41, 5.74) is 0.709. The average molecular weight is 408 g/mol. The summed E-state index contributed by atoms with van der Waals surface area (Å²) in [6.07, 6.45) is 5.11.